The standard InChI is InChI=1S/C22H21N3O4S/c1-14(2)25-13-23-11-20(25)16-6-9-18-21(10-16)29-12-19(22(18)26)15-4-7-17(8-5-15)24-30(3,27)28/h4-14,24H,1-3H3. The fraction of sp³-hybridized carbons (Fsp3) is 0.182. The van der Waals surface area contributed by atoms with Gasteiger partial charge >= 0.3 is 0 Å². The van der Waals surface area contributed by atoms with E-state index in [4.69, 9.17) is 4.42 Å². The Labute approximate surface area is 174 Å². The smallest absolute Gasteiger partial charge is 0.229 e. The van der Waals surface area contributed by atoms with Crippen molar-refractivity contribution in [2.24, 2.45) is 0 Å². The summed E-state index contributed by atoms with van der Waals surface area (Å²) in [6.45, 7) is 4.16. The van der Waals surface area contributed by atoms with E-state index in [9.17, 15) is 13.2 Å². The molecule has 0 spiro atoms. The molecular formula is C22H21N3O4S. The van der Waals surface area contributed by atoms with E-state index in [1.165, 1.54) is 6.26 Å². The zero-order chi connectivity index (χ0) is 21.5. The number of hydrogen-bond donors (Lipinski definition) is 1. The molecule has 2 heterocycles. The molecule has 0 amide bonds. The molecule has 2 aromatic heterocycles. The number of hydrogen-bond acceptors (Lipinski definition) is 5. The quantitative estimate of drug-likeness (QED) is 0.517. The minimum Gasteiger partial charge on any atom is -0.463 e. The van der Waals surface area contributed by atoms with Crippen molar-refractivity contribution >= 4 is 26.7 Å². The van der Waals surface area contributed by atoms with Crippen LogP contribution in [0.25, 0.3) is 33.4 Å². The summed E-state index contributed by atoms with van der Waals surface area (Å²) in [5, 5.41) is 0.477. The zero-order valence-corrected chi connectivity index (χ0v) is 17.6. The number of aromatic nitrogens is 2. The summed E-state index contributed by atoms with van der Waals surface area (Å²) in [6, 6.07) is 12.3. The summed E-state index contributed by atoms with van der Waals surface area (Å²) >= 11 is 0. The lowest BCUT2D eigenvalue weighted by Gasteiger charge is -2.12. The highest BCUT2D eigenvalue weighted by atomic mass is 32.2. The Morgan fingerprint density at radius 1 is 1.07 bits per heavy atom. The van der Waals surface area contributed by atoms with E-state index in [1.807, 2.05) is 12.1 Å². The van der Waals surface area contributed by atoms with E-state index < -0.39 is 10.0 Å². The maximum Gasteiger partial charge on any atom is 0.229 e. The first-order chi connectivity index (χ1) is 14.2. The van der Waals surface area contributed by atoms with Crippen molar-refractivity contribution in [3.05, 3.63) is 71.5 Å². The third-order valence-electron chi connectivity index (χ3n) is 4.79. The molecule has 4 aromatic rings. The van der Waals surface area contributed by atoms with Crippen LogP contribution in [-0.4, -0.2) is 24.2 Å². The Morgan fingerprint density at radius 2 is 1.77 bits per heavy atom. The summed E-state index contributed by atoms with van der Waals surface area (Å²) in [5.41, 5.74) is 3.70. The first-order valence-electron chi connectivity index (χ1n) is 9.39. The number of nitrogens with zero attached hydrogens (tertiary/aromatic N) is 2. The molecule has 8 heteroatoms. The maximum atomic E-state index is 13.0. The van der Waals surface area contributed by atoms with E-state index in [0.717, 1.165) is 17.5 Å². The minimum atomic E-state index is -3.36. The second kappa shape index (κ2) is 7.46. The van der Waals surface area contributed by atoms with Gasteiger partial charge in [-0.25, -0.2) is 13.4 Å². The van der Waals surface area contributed by atoms with Crippen LogP contribution in [-0.2, 0) is 10.0 Å². The molecular weight excluding hydrogens is 402 g/mol. The Morgan fingerprint density at radius 3 is 2.43 bits per heavy atom. The van der Waals surface area contributed by atoms with Gasteiger partial charge in [0.1, 0.15) is 11.8 Å². The summed E-state index contributed by atoms with van der Waals surface area (Å²) in [7, 11) is -3.36. The molecule has 0 unspecified atom stereocenters. The van der Waals surface area contributed by atoms with Crippen molar-refractivity contribution < 1.29 is 12.8 Å². The lowest BCUT2D eigenvalue weighted by molar-refractivity contribution is 0.601. The summed E-state index contributed by atoms with van der Waals surface area (Å²) < 4.78 is 32.9. The molecule has 0 aliphatic rings. The molecule has 0 fully saturated rings. The second-order valence-corrected chi connectivity index (χ2v) is 9.17. The molecule has 2 aromatic carbocycles. The van der Waals surface area contributed by atoms with Crippen molar-refractivity contribution in [2.75, 3.05) is 11.0 Å². The third kappa shape index (κ3) is 3.86. The van der Waals surface area contributed by atoms with Crippen molar-refractivity contribution in [2.45, 2.75) is 19.9 Å². The number of imidazole rings is 1. The first-order valence-corrected chi connectivity index (χ1v) is 11.3. The predicted octanol–water partition coefficient (Wildman–Crippen LogP) is 4.28. The lowest BCUT2D eigenvalue weighted by Crippen LogP contribution is -2.09. The van der Waals surface area contributed by atoms with Crippen LogP contribution in [0, 0.1) is 0 Å². The Kier molecular flexibility index (Phi) is 4.95. The van der Waals surface area contributed by atoms with E-state index in [1.54, 1.807) is 42.9 Å². The molecule has 0 saturated heterocycles. The van der Waals surface area contributed by atoms with Crippen LogP contribution in [0.15, 0.2) is 70.5 Å². The molecule has 1 N–H and O–H groups in total. The fourth-order valence-corrected chi connectivity index (χ4v) is 3.92. The van der Waals surface area contributed by atoms with Gasteiger partial charge in [0, 0.05) is 17.3 Å². The van der Waals surface area contributed by atoms with Crippen LogP contribution >= 0.6 is 0 Å². The molecule has 0 radical (unpaired) electrons. The number of rotatable bonds is 5. The topological polar surface area (TPSA) is 94.2 Å². The normalized spacial score (nSPS) is 11.9. The molecule has 0 aliphatic carbocycles. The second-order valence-electron chi connectivity index (χ2n) is 7.42. The van der Waals surface area contributed by atoms with Crippen LogP contribution in [0.1, 0.15) is 19.9 Å². The van der Waals surface area contributed by atoms with E-state index >= 15 is 0 Å². The summed E-state index contributed by atoms with van der Waals surface area (Å²) in [6.07, 6.45) is 6.10. The van der Waals surface area contributed by atoms with Crippen LogP contribution < -0.4 is 10.2 Å². The summed E-state index contributed by atoms with van der Waals surface area (Å²) in [5.74, 6) is 0. The van der Waals surface area contributed by atoms with Gasteiger partial charge in [0.15, 0.2) is 5.43 Å². The van der Waals surface area contributed by atoms with Crippen LogP contribution in [0.3, 0.4) is 0 Å². The van der Waals surface area contributed by atoms with Gasteiger partial charge in [-0.15, -0.1) is 0 Å². The lowest BCUT2D eigenvalue weighted by atomic mass is 10.0. The van der Waals surface area contributed by atoms with Crippen molar-refractivity contribution in [3.8, 4) is 22.4 Å². The minimum absolute atomic E-state index is 0.149. The van der Waals surface area contributed by atoms with Gasteiger partial charge in [-0.2, -0.15) is 0 Å². The molecule has 7 nitrogen and oxygen atoms in total. The average Bonchev–Trinajstić information content (AvgIpc) is 3.18. The van der Waals surface area contributed by atoms with Crippen molar-refractivity contribution in [1.82, 2.24) is 9.55 Å². The Bertz CT molecular complexity index is 1380. The van der Waals surface area contributed by atoms with Crippen LogP contribution in [0.4, 0.5) is 5.69 Å². The molecule has 0 saturated carbocycles. The first kappa shape index (κ1) is 19.9. The SMILES string of the molecule is CC(C)n1cncc1-c1ccc2c(=O)c(-c3ccc(NS(C)(=O)=O)cc3)coc2c1. The molecule has 4 rings (SSSR count). The van der Waals surface area contributed by atoms with Gasteiger partial charge in [-0.1, -0.05) is 18.2 Å². The number of sulfonamides is 1. The van der Waals surface area contributed by atoms with E-state index in [2.05, 4.69) is 28.1 Å². The van der Waals surface area contributed by atoms with Gasteiger partial charge in [-0.05, 0) is 43.7 Å². The van der Waals surface area contributed by atoms with Gasteiger partial charge in [0.25, 0.3) is 0 Å². The van der Waals surface area contributed by atoms with Gasteiger partial charge in [0.2, 0.25) is 10.0 Å². The van der Waals surface area contributed by atoms with E-state index in [0.29, 0.717) is 27.8 Å². The number of benzene rings is 2. The predicted molar refractivity (Wildman–Crippen MR) is 118 cm³/mol. The average molecular weight is 423 g/mol. The zero-order valence-electron chi connectivity index (χ0n) is 16.8. The number of fused-ring (bicyclic) bond motifs is 1. The van der Waals surface area contributed by atoms with Gasteiger partial charge in [-0.3, -0.25) is 9.52 Å². The van der Waals surface area contributed by atoms with Crippen molar-refractivity contribution in [3.63, 3.8) is 0 Å². The summed E-state index contributed by atoms with van der Waals surface area (Å²) in [4.78, 5) is 17.3. The van der Waals surface area contributed by atoms with Gasteiger partial charge < -0.3 is 8.98 Å². The Hall–Kier alpha value is -3.39. The maximum absolute atomic E-state index is 13.0. The van der Waals surface area contributed by atoms with Crippen LogP contribution in [0.2, 0.25) is 0 Å². The largest absolute Gasteiger partial charge is 0.463 e. The van der Waals surface area contributed by atoms with E-state index in [-0.39, 0.29) is 11.5 Å². The van der Waals surface area contributed by atoms with Gasteiger partial charge in [0.05, 0.1) is 35.4 Å². The monoisotopic (exact) mass is 423 g/mol. The molecule has 0 bridgehead atoms. The number of nitrogens with one attached hydrogen (secondary N) is 1. The van der Waals surface area contributed by atoms with Crippen molar-refractivity contribution in [1.29, 1.82) is 0 Å². The fourth-order valence-electron chi connectivity index (χ4n) is 3.36. The van der Waals surface area contributed by atoms with Crippen LogP contribution in [0.5, 0.6) is 0 Å². The highest BCUT2D eigenvalue weighted by Crippen LogP contribution is 2.27. The molecule has 30 heavy (non-hydrogen) atoms. The molecule has 0 aliphatic heterocycles. The third-order valence-corrected chi connectivity index (χ3v) is 5.40. The molecule has 0 atom stereocenters. The molecule has 154 valence electrons. The highest BCUT2D eigenvalue weighted by Gasteiger charge is 2.13. The highest BCUT2D eigenvalue weighted by molar-refractivity contribution is 7.92. The Balaban J connectivity index is 1.73. The number of anilines is 1.